The van der Waals surface area contributed by atoms with Crippen molar-refractivity contribution >= 4 is 11.9 Å². The van der Waals surface area contributed by atoms with Gasteiger partial charge in [0.1, 0.15) is 0 Å². The summed E-state index contributed by atoms with van der Waals surface area (Å²) in [7, 11) is 0. The molecule has 2 heterocycles. The predicted molar refractivity (Wildman–Crippen MR) is 102 cm³/mol. The maximum atomic E-state index is 11.0. The topological polar surface area (TPSA) is 101 Å². The van der Waals surface area contributed by atoms with E-state index in [1.54, 1.807) is 0 Å². The Morgan fingerprint density at radius 2 is 2.15 bits per heavy atom. The van der Waals surface area contributed by atoms with Crippen molar-refractivity contribution in [2.24, 2.45) is 16.6 Å². The molecule has 0 bridgehead atoms. The Hall–Kier alpha value is -1.38. The molecule has 1 amide bonds. The number of amides is 1. The van der Waals surface area contributed by atoms with Crippen LogP contribution in [0.2, 0.25) is 0 Å². The maximum absolute atomic E-state index is 11.0. The summed E-state index contributed by atoms with van der Waals surface area (Å²) in [6.07, 6.45) is 4.01. The number of carbonyl (C=O) groups excluding carboxylic acids is 1. The standard InChI is InChI=1S/C18H35N5O3/c1-2-20-18(21-7-3-10-25-13-15-6-11-26-14-15)22-16-4-8-23(9-5-16)12-17(19)24/h15-16H,2-14H2,1H3,(H2,19,24)(H2,20,21,22). The molecule has 0 aromatic heterocycles. The van der Waals surface area contributed by atoms with Crippen LogP contribution in [0.4, 0.5) is 0 Å². The molecule has 0 saturated carbocycles. The largest absolute Gasteiger partial charge is 0.381 e. The lowest BCUT2D eigenvalue weighted by atomic mass is 10.1. The Bertz CT molecular complexity index is 433. The van der Waals surface area contributed by atoms with Crippen LogP contribution in [0.3, 0.4) is 0 Å². The monoisotopic (exact) mass is 369 g/mol. The molecule has 2 rings (SSSR count). The van der Waals surface area contributed by atoms with E-state index in [-0.39, 0.29) is 5.91 Å². The number of aliphatic imine (C=N–C) groups is 1. The number of carbonyl (C=O) groups is 1. The Morgan fingerprint density at radius 3 is 2.81 bits per heavy atom. The van der Waals surface area contributed by atoms with Gasteiger partial charge >= 0.3 is 0 Å². The van der Waals surface area contributed by atoms with Gasteiger partial charge in [-0.05, 0) is 32.6 Å². The minimum Gasteiger partial charge on any atom is -0.381 e. The smallest absolute Gasteiger partial charge is 0.231 e. The minimum atomic E-state index is -0.256. The van der Waals surface area contributed by atoms with Crippen LogP contribution >= 0.6 is 0 Å². The molecule has 0 spiro atoms. The van der Waals surface area contributed by atoms with Crippen LogP contribution in [0.5, 0.6) is 0 Å². The first-order chi connectivity index (χ1) is 12.7. The van der Waals surface area contributed by atoms with Crippen LogP contribution in [0.1, 0.15) is 32.6 Å². The number of likely N-dealkylation sites (tertiary alicyclic amines) is 1. The van der Waals surface area contributed by atoms with Crippen molar-refractivity contribution in [1.29, 1.82) is 0 Å². The molecule has 0 aromatic rings. The summed E-state index contributed by atoms with van der Waals surface area (Å²) in [6.45, 7) is 9.03. The van der Waals surface area contributed by atoms with Crippen molar-refractivity contribution in [3.63, 3.8) is 0 Å². The second-order valence-corrected chi connectivity index (χ2v) is 7.08. The van der Waals surface area contributed by atoms with Gasteiger partial charge in [-0.3, -0.25) is 14.7 Å². The highest BCUT2D eigenvalue weighted by Crippen LogP contribution is 2.12. The molecule has 26 heavy (non-hydrogen) atoms. The second-order valence-electron chi connectivity index (χ2n) is 7.08. The lowest BCUT2D eigenvalue weighted by Gasteiger charge is -2.32. The fourth-order valence-corrected chi connectivity index (χ4v) is 3.29. The molecule has 1 unspecified atom stereocenters. The number of nitrogens with two attached hydrogens (primary N) is 1. The lowest BCUT2D eigenvalue weighted by Crippen LogP contribution is -2.49. The van der Waals surface area contributed by atoms with Gasteiger partial charge < -0.3 is 25.8 Å². The molecule has 2 aliphatic rings. The molecule has 150 valence electrons. The van der Waals surface area contributed by atoms with E-state index in [1.807, 2.05) is 0 Å². The van der Waals surface area contributed by atoms with Gasteiger partial charge in [0, 0.05) is 51.4 Å². The van der Waals surface area contributed by atoms with Crippen molar-refractivity contribution in [1.82, 2.24) is 15.5 Å². The van der Waals surface area contributed by atoms with Crippen LogP contribution in [-0.4, -0.2) is 82.0 Å². The second kappa shape index (κ2) is 12.1. The lowest BCUT2D eigenvalue weighted by molar-refractivity contribution is -0.119. The summed E-state index contributed by atoms with van der Waals surface area (Å²) >= 11 is 0. The number of hydrogen-bond acceptors (Lipinski definition) is 5. The van der Waals surface area contributed by atoms with Gasteiger partial charge in [-0.2, -0.15) is 0 Å². The van der Waals surface area contributed by atoms with E-state index in [4.69, 9.17) is 15.2 Å². The summed E-state index contributed by atoms with van der Waals surface area (Å²) in [5, 5.41) is 6.81. The van der Waals surface area contributed by atoms with Crippen LogP contribution in [0.25, 0.3) is 0 Å². The maximum Gasteiger partial charge on any atom is 0.231 e. The minimum absolute atomic E-state index is 0.256. The molecule has 2 fully saturated rings. The normalized spacial score (nSPS) is 22.5. The molecule has 4 N–H and O–H groups in total. The predicted octanol–water partition coefficient (Wildman–Crippen LogP) is -0.0656. The van der Waals surface area contributed by atoms with Gasteiger partial charge in [0.05, 0.1) is 19.8 Å². The summed E-state index contributed by atoms with van der Waals surface area (Å²) in [4.78, 5) is 17.8. The number of rotatable bonds is 10. The molecule has 2 aliphatic heterocycles. The van der Waals surface area contributed by atoms with E-state index in [1.165, 1.54) is 0 Å². The third kappa shape index (κ3) is 8.33. The molecule has 2 saturated heterocycles. The average Bonchev–Trinajstić information content (AvgIpc) is 3.12. The zero-order valence-electron chi connectivity index (χ0n) is 16.0. The first-order valence-electron chi connectivity index (χ1n) is 9.88. The highest BCUT2D eigenvalue weighted by molar-refractivity contribution is 5.80. The molecule has 8 heteroatoms. The van der Waals surface area contributed by atoms with Crippen molar-refractivity contribution in [2.45, 2.75) is 38.6 Å². The third-order valence-corrected chi connectivity index (χ3v) is 4.75. The highest BCUT2D eigenvalue weighted by Gasteiger charge is 2.20. The van der Waals surface area contributed by atoms with Crippen molar-refractivity contribution in [3.8, 4) is 0 Å². The fourth-order valence-electron chi connectivity index (χ4n) is 3.29. The van der Waals surface area contributed by atoms with Crippen LogP contribution in [0.15, 0.2) is 4.99 Å². The van der Waals surface area contributed by atoms with Gasteiger partial charge in [0.2, 0.25) is 5.91 Å². The van der Waals surface area contributed by atoms with E-state index >= 15 is 0 Å². The van der Waals surface area contributed by atoms with Crippen molar-refractivity contribution in [2.75, 3.05) is 59.2 Å². The van der Waals surface area contributed by atoms with Gasteiger partial charge in [-0.25, -0.2) is 0 Å². The number of hydrogen-bond donors (Lipinski definition) is 3. The quantitative estimate of drug-likeness (QED) is 0.283. The average molecular weight is 370 g/mol. The SMILES string of the molecule is CCNC(=NCCCOCC1CCOC1)NC1CCN(CC(N)=O)CC1. The van der Waals surface area contributed by atoms with Gasteiger partial charge in [-0.15, -0.1) is 0 Å². The third-order valence-electron chi connectivity index (χ3n) is 4.75. The van der Waals surface area contributed by atoms with E-state index in [9.17, 15) is 4.79 Å². The van der Waals surface area contributed by atoms with E-state index < -0.39 is 0 Å². The van der Waals surface area contributed by atoms with Crippen molar-refractivity contribution < 1.29 is 14.3 Å². The Kier molecular flexibility index (Phi) is 9.73. The zero-order chi connectivity index (χ0) is 18.6. The summed E-state index contributed by atoms with van der Waals surface area (Å²) in [5.74, 6) is 1.18. The van der Waals surface area contributed by atoms with E-state index in [2.05, 4.69) is 27.4 Å². The molecule has 0 aliphatic carbocycles. The Labute approximate surface area is 156 Å². The van der Waals surface area contributed by atoms with Crippen molar-refractivity contribution in [3.05, 3.63) is 0 Å². The number of nitrogens with one attached hydrogen (secondary N) is 2. The van der Waals surface area contributed by atoms with E-state index in [0.717, 1.165) is 84.2 Å². The number of ether oxygens (including phenoxy) is 2. The van der Waals surface area contributed by atoms with Crippen LogP contribution in [-0.2, 0) is 14.3 Å². The van der Waals surface area contributed by atoms with Gasteiger partial charge in [-0.1, -0.05) is 0 Å². The zero-order valence-corrected chi connectivity index (χ0v) is 16.0. The molecule has 1 atom stereocenters. The van der Waals surface area contributed by atoms with Crippen LogP contribution in [0, 0.1) is 5.92 Å². The summed E-state index contributed by atoms with van der Waals surface area (Å²) in [5.41, 5.74) is 5.26. The van der Waals surface area contributed by atoms with Gasteiger partial charge in [0.15, 0.2) is 5.96 Å². The first-order valence-corrected chi connectivity index (χ1v) is 9.88. The molecular formula is C18H35N5O3. The van der Waals surface area contributed by atoms with Gasteiger partial charge in [0.25, 0.3) is 0 Å². The van der Waals surface area contributed by atoms with Crippen LogP contribution < -0.4 is 16.4 Å². The summed E-state index contributed by atoms with van der Waals surface area (Å²) in [6, 6.07) is 0.385. The molecular weight excluding hydrogens is 334 g/mol. The highest BCUT2D eigenvalue weighted by atomic mass is 16.5. The fraction of sp³-hybridized carbons (Fsp3) is 0.889. The Morgan fingerprint density at radius 1 is 1.35 bits per heavy atom. The first kappa shape index (κ1) is 20.9. The number of primary amides is 1. The molecule has 0 radical (unpaired) electrons. The number of piperidine rings is 1. The summed E-state index contributed by atoms with van der Waals surface area (Å²) < 4.78 is 11.1. The number of nitrogens with zero attached hydrogens (tertiary/aromatic N) is 2. The molecule has 0 aromatic carbocycles. The molecule has 8 nitrogen and oxygen atoms in total. The van der Waals surface area contributed by atoms with E-state index in [0.29, 0.717) is 18.5 Å². The Balaban J connectivity index is 1.60. The number of guanidine groups is 1.